The molecule has 0 aliphatic carbocycles. The monoisotopic (exact) mass is 400 g/mol. The van der Waals surface area contributed by atoms with Crippen molar-refractivity contribution in [1.82, 2.24) is 0 Å². The summed E-state index contributed by atoms with van der Waals surface area (Å²) in [6.07, 6.45) is 2.94. The predicted molar refractivity (Wildman–Crippen MR) is 108 cm³/mol. The molecule has 0 fully saturated rings. The molecular formula is C22H24O7. The summed E-state index contributed by atoms with van der Waals surface area (Å²) in [5.74, 6) is 1.21. The Morgan fingerprint density at radius 3 is 2.17 bits per heavy atom. The van der Waals surface area contributed by atoms with Gasteiger partial charge in [-0.2, -0.15) is 0 Å². The molecule has 0 spiro atoms. The van der Waals surface area contributed by atoms with E-state index in [1.807, 2.05) is 0 Å². The van der Waals surface area contributed by atoms with Crippen LogP contribution < -0.4 is 18.9 Å². The first-order chi connectivity index (χ1) is 14.0. The van der Waals surface area contributed by atoms with Crippen LogP contribution in [0.25, 0.3) is 6.08 Å². The van der Waals surface area contributed by atoms with Crippen molar-refractivity contribution in [2.75, 3.05) is 34.5 Å². The number of rotatable bonds is 10. The first-order valence-electron chi connectivity index (χ1n) is 8.93. The van der Waals surface area contributed by atoms with E-state index < -0.39 is 5.97 Å². The first kappa shape index (κ1) is 21.8. The second-order valence-corrected chi connectivity index (χ2v) is 5.78. The molecule has 0 amide bonds. The van der Waals surface area contributed by atoms with Gasteiger partial charge in [0, 0.05) is 11.6 Å². The van der Waals surface area contributed by atoms with Crippen LogP contribution in [0.2, 0.25) is 0 Å². The Labute approximate surface area is 169 Å². The van der Waals surface area contributed by atoms with Crippen molar-refractivity contribution >= 4 is 17.8 Å². The van der Waals surface area contributed by atoms with Gasteiger partial charge in [-0.05, 0) is 48.9 Å². The van der Waals surface area contributed by atoms with E-state index in [1.165, 1.54) is 27.4 Å². The minimum atomic E-state index is -0.424. The highest BCUT2D eigenvalue weighted by molar-refractivity contribution is 5.98. The fourth-order valence-corrected chi connectivity index (χ4v) is 2.50. The Balaban J connectivity index is 2.08. The summed E-state index contributed by atoms with van der Waals surface area (Å²) in [6.45, 7) is 1.88. The average molecular weight is 400 g/mol. The lowest BCUT2D eigenvalue weighted by molar-refractivity contribution is -0.137. The smallest absolute Gasteiger partial charge is 0.330 e. The molecule has 0 unspecified atom stereocenters. The minimum absolute atomic E-state index is 0.177. The number of hydrogen-bond acceptors (Lipinski definition) is 7. The minimum Gasteiger partial charge on any atom is -0.493 e. The summed E-state index contributed by atoms with van der Waals surface area (Å²) in [5.41, 5.74) is 1.17. The van der Waals surface area contributed by atoms with Crippen LogP contribution in [0.15, 0.2) is 42.5 Å². The third-order valence-electron chi connectivity index (χ3n) is 3.95. The standard InChI is InChI=1S/C22H24O7/c1-5-28-22(24)11-7-15-6-9-19(20(12-15)26-3)29-14-17(23)16-8-10-18(25-2)21(13-16)27-4/h6-13H,5,14H2,1-4H3/b11-7+. The summed E-state index contributed by atoms with van der Waals surface area (Å²) in [5, 5.41) is 0. The maximum Gasteiger partial charge on any atom is 0.330 e. The van der Waals surface area contributed by atoms with Crippen molar-refractivity contribution in [1.29, 1.82) is 0 Å². The molecule has 0 saturated heterocycles. The SMILES string of the molecule is CCOC(=O)/C=C/c1ccc(OCC(=O)c2ccc(OC)c(OC)c2)c(OC)c1. The molecule has 29 heavy (non-hydrogen) atoms. The third kappa shape index (κ3) is 6.00. The van der Waals surface area contributed by atoms with E-state index in [2.05, 4.69) is 0 Å². The van der Waals surface area contributed by atoms with E-state index in [0.717, 1.165) is 5.56 Å². The first-order valence-corrected chi connectivity index (χ1v) is 8.93. The van der Waals surface area contributed by atoms with Crippen molar-refractivity contribution in [3.05, 3.63) is 53.6 Å². The number of carbonyl (C=O) groups excluding carboxylic acids is 2. The topological polar surface area (TPSA) is 80.3 Å². The van der Waals surface area contributed by atoms with Crippen LogP contribution in [-0.4, -0.2) is 46.3 Å². The van der Waals surface area contributed by atoms with Gasteiger partial charge in [-0.25, -0.2) is 4.79 Å². The maximum absolute atomic E-state index is 12.5. The molecule has 2 aromatic rings. The van der Waals surface area contributed by atoms with Crippen LogP contribution in [0, 0.1) is 0 Å². The van der Waals surface area contributed by atoms with E-state index in [1.54, 1.807) is 49.4 Å². The van der Waals surface area contributed by atoms with Crippen LogP contribution in [0.3, 0.4) is 0 Å². The molecular weight excluding hydrogens is 376 g/mol. The molecule has 0 N–H and O–H groups in total. The maximum atomic E-state index is 12.5. The van der Waals surface area contributed by atoms with Gasteiger partial charge in [-0.1, -0.05) is 6.07 Å². The number of ketones is 1. The second-order valence-electron chi connectivity index (χ2n) is 5.78. The molecule has 0 radical (unpaired) electrons. The molecule has 0 saturated carbocycles. The molecule has 0 aliphatic heterocycles. The van der Waals surface area contributed by atoms with Gasteiger partial charge in [-0.3, -0.25) is 4.79 Å². The Bertz CT molecular complexity index is 887. The highest BCUT2D eigenvalue weighted by Crippen LogP contribution is 2.30. The molecule has 7 nitrogen and oxygen atoms in total. The van der Waals surface area contributed by atoms with Crippen molar-refractivity contribution < 1.29 is 33.3 Å². The Kier molecular flexibility index (Phi) is 8.09. The van der Waals surface area contributed by atoms with Gasteiger partial charge >= 0.3 is 5.97 Å². The highest BCUT2D eigenvalue weighted by Gasteiger charge is 2.13. The quantitative estimate of drug-likeness (QED) is 0.343. The molecule has 0 aromatic heterocycles. The van der Waals surface area contributed by atoms with Crippen LogP contribution in [0.1, 0.15) is 22.8 Å². The lowest BCUT2D eigenvalue weighted by atomic mass is 10.1. The summed E-state index contributed by atoms with van der Waals surface area (Å²) in [4.78, 5) is 23.9. The van der Waals surface area contributed by atoms with E-state index in [9.17, 15) is 9.59 Å². The number of methoxy groups -OCH3 is 3. The van der Waals surface area contributed by atoms with E-state index in [-0.39, 0.29) is 12.4 Å². The van der Waals surface area contributed by atoms with Crippen LogP contribution in [-0.2, 0) is 9.53 Å². The lowest BCUT2D eigenvalue weighted by Crippen LogP contribution is -2.12. The number of Topliss-reactive ketones (excluding diaryl/α,β-unsaturated/α-hetero) is 1. The highest BCUT2D eigenvalue weighted by atomic mass is 16.5. The summed E-state index contributed by atoms with van der Waals surface area (Å²) < 4.78 is 26.2. The van der Waals surface area contributed by atoms with Gasteiger partial charge in [0.1, 0.15) is 0 Å². The van der Waals surface area contributed by atoms with E-state index >= 15 is 0 Å². The summed E-state index contributed by atoms with van der Waals surface area (Å²) >= 11 is 0. The Morgan fingerprint density at radius 2 is 1.52 bits per heavy atom. The van der Waals surface area contributed by atoms with Crippen molar-refractivity contribution in [2.24, 2.45) is 0 Å². The van der Waals surface area contributed by atoms with Gasteiger partial charge in [0.2, 0.25) is 0 Å². The summed E-state index contributed by atoms with van der Waals surface area (Å²) in [7, 11) is 4.53. The molecule has 0 bridgehead atoms. The van der Waals surface area contributed by atoms with Gasteiger partial charge < -0.3 is 23.7 Å². The van der Waals surface area contributed by atoms with Gasteiger partial charge in [-0.15, -0.1) is 0 Å². The number of ether oxygens (including phenoxy) is 5. The van der Waals surface area contributed by atoms with Crippen LogP contribution in [0.4, 0.5) is 0 Å². The Hall–Kier alpha value is -3.48. The van der Waals surface area contributed by atoms with Crippen LogP contribution >= 0.6 is 0 Å². The summed E-state index contributed by atoms with van der Waals surface area (Å²) in [6, 6.07) is 10.0. The number of benzene rings is 2. The molecule has 0 heterocycles. The van der Waals surface area contributed by atoms with Gasteiger partial charge in [0.25, 0.3) is 0 Å². The van der Waals surface area contributed by atoms with Gasteiger partial charge in [0.05, 0.1) is 27.9 Å². The van der Waals surface area contributed by atoms with Crippen molar-refractivity contribution in [2.45, 2.75) is 6.92 Å². The van der Waals surface area contributed by atoms with Crippen LogP contribution in [0.5, 0.6) is 23.0 Å². The zero-order valence-corrected chi connectivity index (χ0v) is 16.9. The Morgan fingerprint density at radius 1 is 0.862 bits per heavy atom. The average Bonchev–Trinajstić information content (AvgIpc) is 2.75. The normalized spacial score (nSPS) is 10.5. The number of carbonyl (C=O) groups is 2. The fraction of sp³-hybridized carbons (Fsp3) is 0.273. The van der Waals surface area contributed by atoms with Crippen molar-refractivity contribution in [3.8, 4) is 23.0 Å². The zero-order chi connectivity index (χ0) is 21.2. The number of hydrogen-bond donors (Lipinski definition) is 0. The molecule has 0 atom stereocenters. The molecule has 0 aliphatic rings. The van der Waals surface area contributed by atoms with E-state index in [0.29, 0.717) is 35.2 Å². The lowest BCUT2D eigenvalue weighted by Gasteiger charge is -2.12. The largest absolute Gasteiger partial charge is 0.493 e. The zero-order valence-electron chi connectivity index (χ0n) is 16.9. The molecule has 7 heteroatoms. The fourth-order valence-electron chi connectivity index (χ4n) is 2.50. The molecule has 154 valence electrons. The van der Waals surface area contributed by atoms with Gasteiger partial charge in [0.15, 0.2) is 35.4 Å². The number of esters is 1. The predicted octanol–water partition coefficient (Wildman–Crippen LogP) is 3.55. The molecule has 2 aromatic carbocycles. The molecule has 2 rings (SSSR count). The van der Waals surface area contributed by atoms with E-state index in [4.69, 9.17) is 23.7 Å². The van der Waals surface area contributed by atoms with Crippen molar-refractivity contribution in [3.63, 3.8) is 0 Å². The second kappa shape index (κ2) is 10.8. The third-order valence-corrected chi connectivity index (χ3v) is 3.95.